The molecule has 1 N–H and O–H groups in total. The summed E-state index contributed by atoms with van der Waals surface area (Å²) in [7, 11) is 1.19. The number of rotatable bonds is 69. The number of unbranched alkanes of at least 4 members (excludes halogenated alkanes) is 45. The van der Waals surface area contributed by atoms with Crippen LogP contribution in [0.2, 0.25) is 0 Å². The highest BCUT2D eigenvalue weighted by molar-refractivity contribution is 7.45. The number of likely N-dealkylation sites (N-methyl/N-ethyl adjacent to an activating group) is 1. The van der Waals surface area contributed by atoms with Crippen molar-refractivity contribution < 1.29 is 37.3 Å². The number of esters is 1. The van der Waals surface area contributed by atoms with Crippen LogP contribution in [0.25, 0.3) is 0 Å². The van der Waals surface area contributed by atoms with Gasteiger partial charge in [0, 0.05) is 12.8 Å². The third-order valence-corrected chi connectivity index (χ3v) is 17.9. The summed E-state index contributed by atoms with van der Waals surface area (Å²) in [6.45, 7) is 6.85. The Morgan fingerprint density at radius 2 is 0.701 bits per heavy atom. The van der Waals surface area contributed by atoms with E-state index in [2.05, 4.69) is 74.7 Å². The number of hydrogen-bond donors (Lipinski definition) is 1. The lowest BCUT2D eigenvalue weighted by molar-refractivity contribution is -0.870. The number of hydrogen-bond acceptors (Lipinski definition) is 7. The van der Waals surface area contributed by atoms with Gasteiger partial charge in [-0.2, -0.15) is 0 Å². The van der Waals surface area contributed by atoms with E-state index in [-0.39, 0.29) is 31.5 Å². The molecule has 0 aliphatic rings. The van der Waals surface area contributed by atoms with Gasteiger partial charge in [-0.25, -0.2) is 0 Å². The molecular formula is C77H145N2O7P. The number of quaternary nitrogens is 1. The second-order valence-corrected chi connectivity index (χ2v) is 28.2. The van der Waals surface area contributed by atoms with Gasteiger partial charge in [-0.3, -0.25) is 14.2 Å². The quantitative estimate of drug-likeness (QED) is 0.0212. The number of allylic oxidation sites excluding steroid dienone is 9. The average molecular weight is 1240 g/mol. The van der Waals surface area contributed by atoms with E-state index in [0.29, 0.717) is 17.4 Å². The second kappa shape index (κ2) is 66.6. The molecule has 0 aliphatic carbocycles. The molecule has 510 valence electrons. The Balaban J connectivity index is 4.93. The summed E-state index contributed by atoms with van der Waals surface area (Å²) in [4.78, 5) is 40.2. The maximum Gasteiger partial charge on any atom is 0.306 e. The molecule has 87 heavy (non-hydrogen) atoms. The van der Waals surface area contributed by atoms with Gasteiger partial charge < -0.3 is 28.5 Å². The summed E-state index contributed by atoms with van der Waals surface area (Å²) in [5, 5.41) is 3.05. The van der Waals surface area contributed by atoms with Crippen molar-refractivity contribution >= 4 is 19.7 Å². The summed E-state index contributed by atoms with van der Waals surface area (Å²) in [6, 6.07) is -0.891. The van der Waals surface area contributed by atoms with Gasteiger partial charge in [0.25, 0.3) is 7.82 Å². The number of carbonyl (C=O) groups excluding carboxylic acids is 2. The van der Waals surface area contributed by atoms with Crippen LogP contribution in [0.3, 0.4) is 0 Å². The average Bonchev–Trinajstić information content (AvgIpc) is 3.70. The van der Waals surface area contributed by atoms with Crippen molar-refractivity contribution in [2.24, 2.45) is 0 Å². The first-order valence-electron chi connectivity index (χ1n) is 37.6. The van der Waals surface area contributed by atoms with Crippen LogP contribution in [0.5, 0.6) is 0 Å². The van der Waals surface area contributed by atoms with Crippen LogP contribution in [-0.2, 0) is 27.9 Å². The highest BCUT2D eigenvalue weighted by Crippen LogP contribution is 2.38. The molecule has 0 heterocycles. The topological polar surface area (TPSA) is 114 Å². The van der Waals surface area contributed by atoms with Crippen molar-refractivity contribution in [1.82, 2.24) is 5.32 Å². The molecule has 0 aliphatic heterocycles. The highest BCUT2D eigenvalue weighted by atomic mass is 31.2. The van der Waals surface area contributed by atoms with E-state index in [4.69, 9.17) is 13.8 Å². The van der Waals surface area contributed by atoms with Gasteiger partial charge in [0.15, 0.2) is 0 Å². The Hall–Kier alpha value is -2.29. The van der Waals surface area contributed by atoms with E-state index in [1.807, 2.05) is 33.3 Å². The third-order valence-electron chi connectivity index (χ3n) is 16.9. The maximum absolute atomic E-state index is 13.6. The fraction of sp³-hybridized carbons (Fsp3) is 0.844. The molecule has 0 aromatic heterocycles. The zero-order chi connectivity index (χ0) is 63.5. The van der Waals surface area contributed by atoms with Gasteiger partial charge in [-0.1, -0.05) is 319 Å². The van der Waals surface area contributed by atoms with E-state index in [0.717, 1.165) is 77.0 Å². The minimum Gasteiger partial charge on any atom is -0.756 e. The second-order valence-electron chi connectivity index (χ2n) is 26.8. The number of nitrogens with one attached hydrogen (secondary N) is 1. The first kappa shape index (κ1) is 84.7. The van der Waals surface area contributed by atoms with Crippen molar-refractivity contribution in [3.63, 3.8) is 0 Å². The van der Waals surface area contributed by atoms with Gasteiger partial charge in [-0.05, 0) is 96.0 Å². The van der Waals surface area contributed by atoms with Crippen LogP contribution >= 0.6 is 7.82 Å². The molecule has 1 amide bonds. The fourth-order valence-electron chi connectivity index (χ4n) is 11.1. The van der Waals surface area contributed by atoms with E-state index >= 15 is 0 Å². The van der Waals surface area contributed by atoms with E-state index < -0.39 is 20.0 Å². The van der Waals surface area contributed by atoms with Crippen LogP contribution in [0.15, 0.2) is 60.8 Å². The van der Waals surface area contributed by atoms with E-state index in [1.54, 1.807) is 0 Å². The first-order valence-corrected chi connectivity index (χ1v) is 39.1. The minimum absolute atomic E-state index is 0.0226. The predicted octanol–water partition coefficient (Wildman–Crippen LogP) is 23.5. The predicted molar refractivity (Wildman–Crippen MR) is 376 cm³/mol. The van der Waals surface area contributed by atoms with Crippen molar-refractivity contribution in [1.29, 1.82) is 0 Å². The monoisotopic (exact) mass is 1240 g/mol. The highest BCUT2D eigenvalue weighted by Gasteiger charge is 2.27. The van der Waals surface area contributed by atoms with E-state index in [9.17, 15) is 19.0 Å². The number of nitrogens with zero attached hydrogens (tertiary/aromatic N) is 1. The van der Waals surface area contributed by atoms with Crippen LogP contribution in [0.4, 0.5) is 0 Å². The van der Waals surface area contributed by atoms with Gasteiger partial charge in [0.1, 0.15) is 19.3 Å². The van der Waals surface area contributed by atoms with Crippen LogP contribution < -0.4 is 10.2 Å². The Kier molecular flexibility index (Phi) is 64.9. The van der Waals surface area contributed by atoms with Gasteiger partial charge in [0.2, 0.25) is 5.91 Å². The third kappa shape index (κ3) is 67.9. The van der Waals surface area contributed by atoms with Gasteiger partial charge >= 0.3 is 5.97 Å². The lowest BCUT2D eigenvalue weighted by Crippen LogP contribution is -2.47. The largest absolute Gasteiger partial charge is 0.756 e. The standard InChI is InChI=1S/C77H145N2O7P/c1-7-10-13-16-19-22-25-27-29-31-33-35-37-38-39-40-42-44-46-48-50-52-55-58-61-64-67-70-77(81)86-75(68-65-62-59-56-53-24-21-18-15-12-9-3)74(73-85-87(82,83)84-72-71-79(4,5)6)78-76(80)69-66-63-60-57-54-51-49-47-45-43-41-36-34-32-30-28-26-23-20-17-14-11-8-2/h20,23,27-30,34,36,65,68,74-75H,7-19,21-22,24-26,31-33,35,37-64,66-67,69-73H2,1-6H3,(H-,78,80,82,83)/b23-20-,29-27+,30-28-,36-34-,68-65+. The molecule has 3 unspecified atom stereocenters. The molecular weight excluding hydrogens is 1100 g/mol. The number of ether oxygens (including phenoxy) is 1. The summed E-state index contributed by atoms with van der Waals surface area (Å²) in [5.74, 6) is -0.531. The molecule has 0 radical (unpaired) electrons. The molecule has 3 atom stereocenters. The maximum atomic E-state index is 13.6. The SMILES string of the molecule is CCCCC/C=C\C/C=C\C/C=C\CCCCCCCCCCCCC(=O)NC(COP(=O)([O-])OCC[N+](C)(C)C)C(/C=C/CCCCCCCCCCC)OC(=O)CCCCCCCCCCCCCCCCCCC/C=C/CCCCCCCC. The smallest absolute Gasteiger partial charge is 0.306 e. The Bertz CT molecular complexity index is 1670. The van der Waals surface area contributed by atoms with Crippen molar-refractivity contribution in [3.8, 4) is 0 Å². The van der Waals surface area contributed by atoms with Crippen molar-refractivity contribution in [2.45, 2.75) is 380 Å². The van der Waals surface area contributed by atoms with E-state index in [1.165, 1.54) is 257 Å². The fourth-order valence-corrected chi connectivity index (χ4v) is 11.8. The Labute approximate surface area is 541 Å². The number of amides is 1. The molecule has 0 spiro atoms. The number of carbonyl (C=O) groups is 2. The number of phosphoric ester groups is 1. The zero-order valence-electron chi connectivity index (χ0n) is 58.5. The van der Waals surface area contributed by atoms with Crippen LogP contribution in [-0.4, -0.2) is 69.4 Å². The molecule has 9 nitrogen and oxygen atoms in total. The van der Waals surface area contributed by atoms with Crippen LogP contribution in [0, 0.1) is 0 Å². The van der Waals surface area contributed by atoms with Gasteiger partial charge in [-0.15, -0.1) is 0 Å². The van der Waals surface area contributed by atoms with Crippen LogP contribution in [0.1, 0.15) is 367 Å². The van der Waals surface area contributed by atoms with Gasteiger partial charge in [0.05, 0.1) is 33.8 Å². The molecule has 10 heteroatoms. The summed E-state index contributed by atoms with van der Waals surface area (Å²) < 4.78 is 30.5. The molecule has 0 aromatic rings. The molecule has 0 rings (SSSR count). The Morgan fingerprint density at radius 3 is 1.08 bits per heavy atom. The lowest BCUT2D eigenvalue weighted by Gasteiger charge is -2.30. The molecule has 0 fully saturated rings. The number of phosphoric acid groups is 1. The molecule has 0 aromatic carbocycles. The zero-order valence-corrected chi connectivity index (χ0v) is 59.4. The summed E-state index contributed by atoms with van der Waals surface area (Å²) in [6.07, 6.45) is 86.4. The normalized spacial score (nSPS) is 13.8. The molecule has 0 saturated carbocycles. The minimum atomic E-state index is -4.71. The Morgan fingerprint density at radius 1 is 0.402 bits per heavy atom. The summed E-state index contributed by atoms with van der Waals surface area (Å²) >= 11 is 0. The lowest BCUT2D eigenvalue weighted by atomic mass is 10.0. The van der Waals surface area contributed by atoms with Crippen molar-refractivity contribution in [2.75, 3.05) is 40.9 Å². The first-order chi connectivity index (χ1) is 42.4. The molecule has 0 bridgehead atoms. The molecule has 0 saturated heterocycles. The van der Waals surface area contributed by atoms with Crippen molar-refractivity contribution in [3.05, 3.63) is 60.8 Å². The summed E-state index contributed by atoms with van der Waals surface area (Å²) in [5.41, 5.74) is 0.